The van der Waals surface area contributed by atoms with Crippen molar-refractivity contribution in [3.63, 3.8) is 0 Å². The van der Waals surface area contributed by atoms with E-state index in [1.165, 1.54) is 107 Å². The van der Waals surface area contributed by atoms with Gasteiger partial charge in [0, 0.05) is 18.5 Å². The minimum atomic E-state index is -1.53. The number of benzene rings is 12. The first-order chi connectivity index (χ1) is 49.6. The van der Waals surface area contributed by atoms with E-state index in [9.17, 15) is 0 Å². The van der Waals surface area contributed by atoms with Gasteiger partial charge in [-0.15, -0.1) is 0 Å². The zero-order valence-electron chi connectivity index (χ0n) is 60.8. The third-order valence-electron chi connectivity index (χ3n) is 19.3. The molecule has 0 unspecified atom stereocenters. The van der Waals surface area contributed by atoms with E-state index in [0.717, 1.165) is 0 Å². The van der Waals surface area contributed by atoms with Crippen LogP contribution < -0.4 is 63.7 Å². The van der Waals surface area contributed by atoms with E-state index in [2.05, 4.69) is 412 Å². The first kappa shape index (κ1) is 81.2. The monoisotopic (exact) mass is 1540 g/mol. The van der Waals surface area contributed by atoms with Crippen LogP contribution in [0.1, 0.15) is 60.8 Å². The first-order valence-electron chi connectivity index (χ1n) is 36.4. The van der Waals surface area contributed by atoms with Gasteiger partial charge in [-0.25, -0.2) is 0 Å². The van der Waals surface area contributed by atoms with E-state index in [4.69, 9.17) is 4.79 Å². The predicted octanol–water partition coefficient (Wildman–Crippen LogP) is 20.1. The van der Waals surface area contributed by atoms with Crippen LogP contribution in [0.25, 0.3) is 0 Å². The predicted molar refractivity (Wildman–Crippen MR) is 462 cm³/mol. The molecule has 12 aromatic carbocycles. The molecule has 102 heavy (non-hydrogen) atoms. The molecule has 0 aliphatic heterocycles. The first-order valence-corrected chi connectivity index (χ1v) is 47.4. The summed E-state index contributed by atoms with van der Waals surface area (Å²) in [5, 5.41) is 18.3. The fourth-order valence-corrected chi connectivity index (χ4v) is 37.9. The van der Waals surface area contributed by atoms with Crippen LogP contribution in [-0.2, 0) is 24.3 Å². The van der Waals surface area contributed by atoms with Crippen molar-refractivity contribution in [3.8, 4) is 0 Å². The number of hydrogen-bond acceptors (Lipinski definition) is 1. The molecule has 0 atom stereocenters. The van der Waals surface area contributed by atoms with Crippen LogP contribution in [0.15, 0.2) is 364 Å². The van der Waals surface area contributed by atoms with Crippen molar-refractivity contribution >= 4 is 116 Å². The van der Waals surface area contributed by atoms with Gasteiger partial charge >= 0.3 is 19.5 Å². The van der Waals surface area contributed by atoms with E-state index < -0.39 is 45.6 Å². The van der Waals surface area contributed by atoms with Crippen molar-refractivity contribution in [3.05, 3.63) is 364 Å². The van der Waals surface area contributed by atoms with Crippen molar-refractivity contribution < 1.29 is 24.3 Å². The smallest absolute Gasteiger partial charge is 0.281 e. The molecule has 0 amide bonds. The van der Waals surface area contributed by atoms with E-state index >= 15 is 0 Å². The molecule has 0 bridgehead atoms. The number of carbonyl (C=O) groups excluding carboxylic acids is 1. The van der Waals surface area contributed by atoms with E-state index in [1.54, 1.807) is 31.8 Å². The summed E-state index contributed by atoms with van der Waals surface area (Å²) in [7, 11) is -5.78. The quantitative estimate of drug-likeness (QED) is 0.0324. The molecule has 0 saturated carbocycles. The molecule has 0 spiro atoms. The van der Waals surface area contributed by atoms with Gasteiger partial charge in [-0.05, 0) is 165 Å². The standard InChI is InChI=1S/3C31H35P2.CO.Rh/c3*1-27(2)23-25-33(30-19-11-5-12-20-30,31-21-13-6-14-22-31)26-24-32(28-15-7-3-8-16-28)29-17-9-4-10-18-29;1-2;/h3*3-22,27H,23-26H2,1-2H3;;/q3*+1;;+2. The Morgan fingerprint density at radius 2 is 0.343 bits per heavy atom. The SMILES string of the molecule is CC(C)CC[P+](CCP(c1ccccc1)c1ccccc1)(c1ccccc1)c1ccccc1.CC(C)CC[P+](CCP(c1ccccc1)c1ccccc1)(c1ccccc1)c1ccccc1.CC(C)CC[P+](CCP(c1ccccc1)c1ccccc1)(c1ccccc1)c1ccccc1.[C]=O.[Rh+2]. The molecule has 0 saturated heterocycles. The fraction of sp³-hybridized carbons (Fsp3) is 0.223. The Balaban J connectivity index is 0.000000191. The van der Waals surface area contributed by atoms with Gasteiger partial charge in [0.1, 0.15) is 0 Å². The Bertz CT molecular complexity index is 3460. The summed E-state index contributed by atoms with van der Waals surface area (Å²) in [6.07, 6.45) is 15.1. The summed E-state index contributed by atoms with van der Waals surface area (Å²) in [6.45, 7) is 18.7. The summed E-state index contributed by atoms with van der Waals surface area (Å²) in [5.74, 6) is 2.13. The summed E-state index contributed by atoms with van der Waals surface area (Å²) < 4.78 is 0. The van der Waals surface area contributed by atoms with Crippen molar-refractivity contribution in [2.45, 2.75) is 60.8 Å². The van der Waals surface area contributed by atoms with Crippen LogP contribution in [0.5, 0.6) is 0 Å². The number of rotatable bonds is 30. The summed E-state index contributed by atoms with van der Waals surface area (Å²) in [5.41, 5.74) is 0. The van der Waals surface area contributed by atoms with Crippen molar-refractivity contribution in [2.24, 2.45) is 17.8 Å². The maximum Gasteiger partial charge on any atom is 2.00 e. The number of hydrogen-bond donors (Lipinski definition) is 0. The van der Waals surface area contributed by atoms with Crippen molar-refractivity contribution in [1.82, 2.24) is 0 Å². The minimum Gasteiger partial charge on any atom is -0.281 e. The maximum atomic E-state index is 7.50. The molecule has 8 heteroatoms. The zero-order chi connectivity index (χ0) is 70.8. The third-order valence-corrected chi connectivity index (χ3v) is 41.6. The van der Waals surface area contributed by atoms with Crippen LogP contribution in [0.4, 0.5) is 0 Å². The molecule has 0 heterocycles. The van der Waals surface area contributed by atoms with Crippen molar-refractivity contribution in [1.29, 1.82) is 0 Å². The molecule has 12 rings (SSSR count). The van der Waals surface area contributed by atoms with Crippen LogP contribution in [0.2, 0.25) is 0 Å². The molecule has 0 N–H and O–H groups in total. The average molecular weight is 1540 g/mol. The van der Waals surface area contributed by atoms with Gasteiger partial charge in [-0.2, -0.15) is 0 Å². The Morgan fingerprint density at radius 3 is 0.471 bits per heavy atom. The van der Waals surface area contributed by atoms with Gasteiger partial charge in [0.15, 0.2) is 0 Å². The Hall–Kier alpha value is -6.49. The fourth-order valence-electron chi connectivity index (χ4n) is 13.7. The summed E-state index contributed by atoms with van der Waals surface area (Å²) in [6, 6.07) is 136. The molecule has 0 aromatic heterocycles. The van der Waals surface area contributed by atoms with E-state index in [-0.39, 0.29) is 19.5 Å². The average Bonchev–Trinajstić information content (AvgIpc) is 0.790. The zero-order valence-corrected chi connectivity index (χ0v) is 67.8. The molecule has 0 aliphatic rings. The van der Waals surface area contributed by atoms with Gasteiger partial charge in [0.25, 0.3) is 6.79 Å². The Morgan fingerprint density at radius 1 is 0.216 bits per heavy atom. The molecule has 0 fully saturated rings. The van der Waals surface area contributed by atoms with Gasteiger partial charge in [0.05, 0.1) is 90.6 Å². The molecule has 3 radical (unpaired) electrons. The van der Waals surface area contributed by atoms with Crippen LogP contribution in [0, 0.1) is 17.8 Å². The normalized spacial score (nSPS) is 11.5. The van der Waals surface area contributed by atoms with Gasteiger partial charge in [-0.1, -0.05) is 333 Å². The molecule has 0 aliphatic carbocycles. The van der Waals surface area contributed by atoms with Crippen LogP contribution in [-0.4, -0.2) is 62.2 Å². The topological polar surface area (TPSA) is 17.1 Å². The van der Waals surface area contributed by atoms with E-state index in [1.807, 2.05) is 0 Å². The Kier molecular flexibility index (Phi) is 34.8. The van der Waals surface area contributed by atoms with E-state index in [0.29, 0.717) is 17.8 Å². The van der Waals surface area contributed by atoms with Gasteiger partial charge in [-0.3, -0.25) is 4.79 Å². The molecule has 12 aromatic rings. The van der Waals surface area contributed by atoms with Gasteiger partial charge < -0.3 is 0 Å². The van der Waals surface area contributed by atoms with Crippen LogP contribution >= 0.6 is 45.6 Å². The van der Waals surface area contributed by atoms with Gasteiger partial charge in [0.2, 0.25) is 0 Å². The van der Waals surface area contributed by atoms with Crippen molar-refractivity contribution in [2.75, 3.05) is 55.5 Å². The second kappa shape index (κ2) is 43.7. The third kappa shape index (κ3) is 23.3. The van der Waals surface area contributed by atoms with Crippen LogP contribution in [0.3, 0.4) is 0 Å². The molecule has 1 nitrogen and oxygen atoms in total. The second-order valence-corrected chi connectivity index (χ2v) is 45.9. The minimum absolute atomic E-state index is 0. The summed E-state index contributed by atoms with van der Waals surface area (Å²) >= 11 is 0. The second-order valence-electron chi connectivity index (χ2n) is 27.3. The Labute approximate surface area is 633 Å². The molecule has 521 valence electrons. The molecular weight excluding hydrogens is 1430 g/mol. The molecular formula is C94H105OP6Rh+5. The maximum absolute atomic E-state index is 7.50. The summed E-state index contributed by atoms with van der Waals surface area (Å²) in [4.78, 5) is 7.50. The largest absolute Gasteiger partial charge is 2.00 e.